The zero-order valence-electron chi connectivity index (χ0n) is 11.9. The van der Waals surface area contributed by atoms with Crippen LogP contribution in [0.15, 0.2) is 0 Å². The van der Waals surface area contributed by atoms with Crippen molar-refractivity contribution in [2.75, 3.05) is 45.8 Å². The number of hydrogen-bond acceptors (Lipinski definition) is 3. The molecule has 0 spiro atoms. The zero-order chi connectivity index (χ0) is 12.5. The lowest BCUT2D eigenvalue weighted by molar-refractivity contribution is 0.237. The van der Waals surface area contributed by atoms with Crippen LogP contribution in [0.3, 0.4) is 0 Å². The lowest BCUT2D eigenvalue weighted by Crippen LogP contribution is -2.44. The number of hydrogen-bond donors (Lipinski definition) is 2. The molecule has 0 radical (unpaired) electrons. The molecule has 0 aromatic rings. The van der Waals surface area contributed by atoms with E-state index < -0.39 is 0 Å². The second-order valence-corrected chi connectivity index (χ2v) is 5.99. The maximum Gasteiger partial charge on any atom is 0.0107 e. The van der Waals surface area contributed by atoms with E-state index in [0.717, 1.165) is 5.92 Å². The molecule has 0 amide bonds. The minimum atomic E-state index is 1.03. The Morgan fingerprint density at radius 2 is 1.78 bits per heavy atom. The molecule has 0 bridgehead atoms. The van der Waals surface area contributed by atoms with Crippen molar-refractivity contribution in [3.8, 4) is 0 Å². The van der Waals surface area contributed by atoms with Crippen molar-refractivity contribution in [3.05, 3.63) is 0 Å². The molecule has 2 fully saturated rings. The third kappa shape index (κ3) is 5.68. The first-order valence-corrected chi connectivity index (χ1v) is 8.09. The van der Waals surface area contributed by atoms with E-state index in [9.17, 15) is 0 Å². The summed E-state index contributed by atoms with van der Waals surface area (Å²) < 4.78 is 0. The van der Waals surface area contributed by atoms with Crippen LogP contribution in [0.5, 0.6) is 0 Å². The summed E-state index contributed by atoms with van der Waals surface area (Å²) in [5.74, 6) is 1.03. The first kappa shape index (κ1) is 14.3. The molecule has 2 aliphatic rings. The lowest BCUT2D eigenvalue weighted by atomic mass is 9.87. The van der Waals surface area contributed by atoms with Gasteiger partial charge in [0.2, 0.25) is 0 Å². The molecule has 3 nitrogen and oxygen atoms in total. The highest BCUT2D eigenvalue weighted by molar-refractivity contribution is 4.69. The molecule has 2 rings (SSSR count). The van der Waals surface area contributed by atoms with Gasteiger partial charge in [0.1, 0.15) is 0 Å². The van der Waals surface area contributed by atoms with Crippen molar-refractivity contribution in [3.63, 3.8) is 0 Å². The van der Waals surface area contributed by atoms with Gasteiger partial charge in [-0.15, -0.1) is 0 Å². The molecular weight excluding hydrogens is 222 g/mol. The summed E-state index contributed by atoms with van der Waals surface area (Å²) >= 11 is 0. The maximum atomic E-state index is 3.63. The van der Waals surface area contributed by atoms with Crippen LogP contribution in [-0.4, -0.2) is 50.7 Å². The molecule has 1 saturated carbocycles. The molecule has 1 aliphatic heterocycles. The van der Waals surface area contributed by atoms with Crippen molar-refractivity contribution < 1.29 is 0 Å². The van der Waals surface area contributed by atoms with Gasteiger partial charge in [0, 0.05) is 26.2 Å². The van der Waals surface area contributed by atoms with E-state index >= 15 is 0 Å². The second kappa shape index (κ2) is 8.89. The average molecular weight is 253 g/mol. The van der Waals surface area contributed by atoms with E-state index in [1.54, 1.807) is 0 Å². The Balaban J connectivity index is 1.39. The van der Waals surface area contributed by atoms with Gasteiger partial charge in [0.15, 0.2) is 0 Å². The summed E-state index contributed by atoms with van der Waals surface area (Å²) in [7, 11) is 0. The molecule has 1 saturated heterocycles. The van der Waals surface area contributed by atoms with Crippen LogP contribution < -0.4 is 10.6 Å². The molecule has 0 aromatic carbocycles. The summed E-state index contributed by atoms with van der Waals surface area (Å²) in [6.45, 7) is 8.55. The molecule has 106 valence electrons. The van der Waals surface area contributed by atoms with Gasteiger partial charge in [-0.3, -0.25) is 0 Å². The van der Waals surface area contributed by atoms with Gasteiger partial charge in [0.05, 0.1) is 0 Å². The Bertz CT molecular complexity index is 174. The molecule has 0 aromatic heterocycles. The largest absolute Gasteiger partial charge is 0.317 e. The number of nitrogens with zero attached hydrogens (tertiary/aromatic N) is 1. The van der Waals surface area contributed by atoms with Gasteiger partial charge in [-0.25, -0.2) is 0 Å². The summed E-state index contributed by atoms with van der Waals surface area (Å²) in [6.07, 6.45) is 10.1. The molecular formula is C15H31N3. The SMILES string of the molecule is C1CCC(CCNCCCN2CCNCC2)CC1. The molecule has 0 atom stereocenters. The maximum absolute atomic E-state index is 3.63. The van der Waals surface area contributed by atoms with Crippen molar-refractivity contribution in [2.45, 2.75) is 44.9 Å². The molecule has 0 unspecified atom stereocenters. The third-order valence-electron chi connectivity index (χ3n) is 4.49. The highest BCUT2D eigenvalue weighted by atomic mass is 15.2. The topological polar surface area (TPSA) is 27.3 Å². The normalized spacial score (nSPS) is 23.3. The predicted octanol–water partition coefficient (Wildman–Crippen LogP) is 1.84. The molecule has 1 aliphatic carbocycles. The van der Waals surface area contributed by atoms with Gasteiger partial charge >= 0.3 is 0 Å². The fourth-order valence-corrected chi connectivity index (χ4v) is 3.27. The number of piperazine rings is 1. The first-order valence-electron chi connectivity index (χ1n) is 8.09. The van der Waals surface area contributed by atoms with Crippen LogP contribution in [0.1, 0.15) is 44.9 Å². The quantitative estimate of drug-likeness (QED) is 0.678. The molecule has 2 N–H and O–H groups in total. The monoisotopic (exact) mass is 253 g/mol. The third-order valence-corrected chi connectivity index (χ3v) is 4.49. The number of nitrogens with one attached hydrogen (secondary N) is 2. The minimum Gasteiger partial charge on any atom is -0.317 e. The van der Waals surface area contributed by atoms with Crippen molar-refractivity contribution in [2.24, 2.45) is 5.92 Å². The fourth-order valence-electron chi connectivity index (χ4n) is 3.27. The van der Waals surface area contributed by atoms with Gasteiger partial charge < -0.3 is 15.5 Å². The van der Waals surface area contributed by atoms with Gasteiger partial charge in [-0.05, 0) is 38.4 Å². The van der Waals surface area contributed by atoms with Crippen LogP contribution in [0.4, 0.5) is 0 Å². The highest BCUT2D eigenvalue weighted by Crippen LogP contribution is 2.25. The van der Waals surface area contributed by atoms with Crippen molar-refractivity contribution in [1.82, 2.24) is 15.5 Å². The van der Waals surface area contributed by atoms with Gasteiger partial charge in [0.25, 0.3) is 0 Å². The van der Waals surface area contributed by atoms with Gasteiger partial charge in [-0.1, -0.05) is 32.1 Å². The predicted molar refractivity (Wildman–Crippen MR) is 78.0 cm³/mol. The highest BCUT2D eigenvalue weighted by Gasteiger charge is 2.12. The molecule has 3 heteroatoms. The minimum absolute atomic E-state index is 1.03. The lowest BCUT2D eigenvalue weighted by Gasteiger charge is -2.27. The van der Waals surface area contributed by atoms with Crippen LogP contribution in [0.2, 0.25) is 0 Å². The summed E-state index contributed by atoms with van der Waals surface area (Å²) in [6, 6.07) is 0. The second-order valence-electron chi connectivity index (χ2n) is 5.99. The van der Waals surface area contributed by atoms with E-state index in [0.29, 0.717) is 0 Å². The van der Waals surface area contributed by atoms with E-state index in [1.165, 1.54) is 90.8 Å². The summed E-state index contributed by atoms with van der Waals surface area (Å²) in [5.41, 5.74) is 0. The Morgan fingerprint density at radius 1 is 1.00 bits per heavy atom. The van der Waals surface area contributed by atoms with E-state index in [-0.39, 0.29) is 0 Å². The zero-order valence-corrected chi connectivity index (χ0v) is 11.9. The van der Waals surface area contributed by atoms with Crippen molar-refractivity contribution in [1.29, 1.82) is 0 Å². The van der Waals surface area contributed by atoms with E-state index in [2.05, 4.69) is 15.5 Å². The summed E-state index contributed by atoms with van der Waals surface area (Å²) in [4.78, 5) is 2.58. The fraction of sp³-hybridized carbons (Fsp3) is 1.00. The Labute approximate surface area is 113 Å². The van der Waals surface area contributed by atoms with Crippen LogP contribution >= 0.6 is 0 Å². The van der Waals surface area contributed by atoms with Crippen LogP contribution in [0.25, 0.3) is 0 Å². The Morgan fingerprint density at radius 3 is 2.56 bits per heavy atom. The van der Waals surface area contributed by atoms with E-state index in [1.807, 2.05) is 0 Å². The Kier molecular flexibility index (Phi) is 7.06. The van der Waals surface area contributed by atoms with Crippen LogP contribution in [-0.2, 0) is 0 Å². The Hall–Kier alpha value is -0.120. The average Bonchev–Trinajstić information content (AvgIpc) is 2.45. The smallest absolute Gasteiger partial charge is 0.0107 e. The van der Waals surface area contributed by atoms with Gasteiger partial charge in [-0.2, -0.15) is 0 Å². The van der Waals surface area contributed by atoms with Crippen LogP contribution in [0, 0.1) is 5.92 Å². The summed E-state index contributed by atoms with van der Waals surface area (Å²) in [5, 5.41) is 7.03. The van der Waals surface area contributed by atoms with Crippen molar-refractivity contribution >= 4 is 0 Å². The first-order chi connectivity index (χ1) is 8.95. The van der Waals surface area contributed by atoms with E-state index in [4.69, 9.17) is 0 Å². The molecule has 18 heavy (non-hydrogen) atoms. The number of rotatable bonds is 7. The molecule has 1 heterocycles. The standard InChI is InChI=1S/C15H31N3/c1-2-5-15(6-3-1)7-9-16-8-4-12-18-13-10-17-11-14-18/h15-17H,1-14H2.